The summed E-state index contributed by atoms with van der Waals surface area (Å²) in [5.74, 6) is 1.86. The summed E-state index contributed by atoms with van der Waals surface area (Å²) in [6.45, 7) is 2.50. The van der Waals surface area contributed by atoms with Gasteiger partial charge in [0.05, 0.1) is 6.10 Å². The van der Waals surface area contributed by atoms with Gasteiger partial charge in [-0.1, -0.05) is 24.6 Å². The molecular formula is C22H35N3O2. The Bertz CT molecular complexity index is 607. The van der Waals surface area contributed by atoms with Crippen molar-refractivity contribution in [2.75, 3.05) is 27.3 Å². The summed E-state index contributed by atoms with van der Waals surface area (Å²) < 4.78 is 11.5. The van der Waals surface area contributed by atoms with Crippen molar-refractivity contribution < 1.29 is 9.47 Å². The smallest absolute Gasteiger partial charge is 0.191 e. The first-order valence-corrected chi connectivity index (χ1v) is 10.4. The van der Waals surface area contributed by atoms with Gasteiger partial charge in [0.2, 0.25) is 0 Å². The van der Waals surface area contributed by atoms with E-state index in [4.69, 9.17) is 9.47 Å². The summed E-state index contributed by atoms with van der Waals surface area (Å²) in [5, 5.41) is 6.98. The van der Waals surface area contributed by atoms with Crippen molar-refractivity contribution in [3.8, 4) is 5.75 Å². The lowest BCUT2D eigenvalue weighted by Crippen LogP contribution is -2.46. The highest BCUT2D eigenvalue weighted by Gasteiger charge is 2.36. The van der Waals surface area contributed by atoms with Gasteiger partial charge in [0.1, 0.15) is 5.75 Å². The van der Waals surface area contributed by atoms with Gasteiger partial charge in [0.15, 0.2) is 5.96 Å². The largest absolute Gasteiger partial charge is 0.490 e. The molecule has 150 valence electrons. The molecule has 0 atom stereocenters. The van der Waals surface area contributed by atoms with Crippen LogP contribution in [-0.4, -0.2) is 39.4 Å². The maximum absolute atomic E-state index is 6.24. The zero-order valence-corrected chi connectivity index (χ0v) is 16.9. The molecule has 2 fully saturated rings. The molecule has 2 aliphatic rings. The molecular weight excluding hydrogens is 338 g/mol. The van der Waals surface area contributed by atoms with E-state index in [1.165, 1.54) is 50.5 Å². The third-order valence-corrected chi connectivity index (χ3v) is 6.12. The second kappa shape index (κ2) is 9.98. The van der Waals surface area contributed by atoms with Crippen molar-refractivity contribution in [2.24, 2.45) is 10.4 Å². The van der Waals surface area contributed by atoms with Gasteiger partial charge in [-0.15, -0.1) is 0 Å². The van der Waals surface area contributed by atoms with Crippen LogP contribution < -0.4 is 15.4 Å². The van der Waals surface area contributed by atoms with E-state index in [0.29, 0.717) is 18.1 Å². The average molecular weight is 374 g/mol. The van der Waals surface area contributed by atoms with E-state index in [-0.39, 0.29) is 0 Å². The van der Waals surface area contributed by atoms with Crippen molar-refractivity contribution in [3.63, 3.8) is 0 Å². The molecule has 0 amide bonds. The number of hydrogen-bond acceptors (Lipinski definition) is 3. The number of para-hydroxylation sites is 1. The molecule has 0 unspecified atom stereocenters. The summed E-state index contributed by atoms with van der Waals surface area (Å²) in [6.07, 6.45) is 10.3. The topological polar surface area (TPSA) is 54.9 Å². The number of nitrogens with zero attached hydrogens (tertiary/aromatic N) is 1. The van der Waals surface area contributed by atoms with Gasteiger partial charge in [0.25, 0.3) is 0 Å². The lowest BCUT2D eigenvalue weighted by atomic mass is 9.67. The molecule has 2 saturated carbocycles. The molecule has 27 heavy (non-hydrogen) atoms. The van der Waals surface area contributed by atoms with Crippen LogP contribution in [-0.2, 0) is 11.3 Å². The van der Waals surface area contributed by atoms with Crippen molar-refractivity contribution >= 4 is 5.96 Å². The first-order valence-electron chi connectivity index (χ1n) is 10.4. The predicted molar refractivity (Wildman–Crippen MR) is 110 cm³/mol. The quantitative estimate of drug-likeness (QED) is 0.509. The second-order valence-corrected chi connectivity index (χ2v) is 8.01. The molecule has 5 heteroatoms. The van der Waals surface area contributed by atoms with Gasteiger partial charge in [-0.05, 0) is 56.4 Å². The molecule has 1 aromatic rings. The second-order valence-electron chi connectivity index (χ2n) is 8.01. The first-order chi connectivity index (χ1) is 13.2. The Labute approximate surface area is 163 Å². The standard InChI is InChI=1S/C22H35N3O2/c1-23-21(25-17-22(12-7-13-22)14-15-26-2)24-16-18-8-3-6-11-20(18)27-19-9-4-5-10-19/h3,6,8,11,19H,4-5,7,9-10,12-17H2,1-2H3,(H2,23,24,25). The van der Waals surface area contributed by atoms with Crippen molar-refractivity contribution in [1.29, 1.82) is 0 Å². The van der Waals surface area contributed by atoms with Crippen LogP contribution in [0.15, 0.2) is 29.3 Å². The molecule has 3 rings (SSSR count). The molecule has 0 bridgehead atoms. The Balaban J connectivity index is 1.50. The first kappa shape index (κ1) is 20.0. The van der Waals surface area contributed by atoms with Crippen LogP contribution in [0.3, 0.4) is 0 Å². The van der Waals surface area contributed by atoms with Gasteiger partial charge in [-0.25, -0.2) is 0 Å². The molecule has 0 saturated heterocycles. The fraction of sp³-hybridized carbons (Fsp3) is 0.682. The van der Waals surface area contributed by atoms with E-state index in [2.05, 4.69) is 39.9 Å². The fourth-order valence-electron chi connectivity index (χ4n) is 4.13. The summed E-state index contributed by atoms with van der Waals surface area (Å²) in [7, 11) is 3.62. The van der Waals surface area contributed by atoms with Crippen molar-refractivity contribution in [3.05, 3.63) is 29.8 Å². The Kier molecular flexibility index (Phi) is 7.39. The van der Waals surface area contributed by atoms with Crippen LogP contribution in [0, 0.1) is 5.41 Å². The van der Waals surface area contributed by atoms with Gasteiger partial charge >= 0.3 is 0 Å². The van der Waals surface area contributed by atoms with Crippen LogP contribution in [0.4, 0.5) is 0 Å². The van der Waals surface area contributed by atoms with Gasteiger partial charge in [-0.3, -0.25) is 4.99 Å². The number of ether oxygens (including phenoxy) is 2. The minimum absolute atomic E-state index is 0.372. The molecule has 1 aromatic carbocycles. The lowest BCUT2D eigenvalue weighted by Gasteiger charge is -2.42. The number of rotatable bonds is 9. The summed E-state index contributed by atoms with van der Waals surface area (Å²) >= 11 is 0. The lowest BCUT2D eigenvalue weighted by molar-refractivity contribution is 0.0732. The van der Waals surface area contributed by atoms with E-state index >= 15 is 0 Å². The minimum atomic E-state index is 0.372. The summed E-state index contributed by atoms with van der Waals surface area (Å²) in [5.41, 5.74) is 1.56. The highest BCUT2D eigenvalue weighted by atomic mass is 16.5. The van der Waals surface area contributed by atoms with E-state index in [1.807, 2.05) is 7.05 Å². The third-order valence-electron chi connectivity index (χ3n) is 6.12. The molecule has 0 radical (unpaired) electrons. The van der Waals surface area contributed by atoms with Crippen LogP contribution in [0.25, 0.3) is 0 Å². The van der Waals surface area contributed by atoms with E-state index < -0.39 is 0 Å². The monoisotopic (exact) mass is 373 g/mol. The Morgan fingerprint density at radius 3 is 2.59 bits per heavy atom. The zero-order chi connectivity index (χ0) is 19.0. The van der Waals surface area contributed by atoms with Crippen LogP contribution in [0.2, 0.25) is 0 Å². The van der Waals surface area contributed by atoms with Crippen LogP contribution >= 0.6 is 0 Å². The number of methoxy groups -OCH3 is 1. The Hall–Kier alpha value is -1.75. The van der Waals surface area contributed by atoms with Crippen LogP contribution in [0.1, 0.15) is 56.9 Å². The number of nitrogens with one attached hydrogen (secondary N) is 2. The number of benzene rings is 1. The molecule has 2 N–H and O–H groups in total. The highest BCUT2D eigenvalue weighted by molar-refractivity contribution is 5.79. The predicted octanol–water partition coefficient (Wildman–Crippen LogP) is 3.88. The maximum Gasteiger partial charge on any atom is 0.191 e. The fourth-order valence-corrected chi connectivity index (χ4v) is 4.13. The number of guanidine groups is 1. The Morgan fingerprint density at radius 1 is 1.15 bits per heavy atom. The molecule has 0 heterocycles. The third kappa shape index (κ3) is 5.61. The van der Waals surface area contributed by atoms with Crippen molar-refractivity contribution in [1.82, 2.24) is 10.6 Å². The summed E-state index contributed by atoms with van der Waals surface area (Å²) in [6, 6.07) is 8.34. The molecule has 0 aliphatic heterocycles. The Morgan fingerprint density at radius 2 is 1.93 bits per heavy atom. The maximum atomic E-state index is 6.24. The average Bonchev–Trinajstić information content (AvgIpc) is 3.17. The number of hydrogen-bond donors (Lipinski definition) is 2. The molecule has 0 spiro atoms. The SMILES string of the molecule is CN=C(NCc1ccccc1OC1CCCC1)NCC1(CCOC)CCC1. The van der Waals surface area contributed by atoms with Crippen molar-refractivity contribution in [2.45, 2.75) is 64.0 Å². The minimum Gasteiger partial charge on any atom is -0.490 e. The van der Waals surface area contributed by atoms with E-state index in [9.17, 15) is 0 Å². The molecule has 5 nitrogen and oxygen atoms in total. The van der Waals surface area contributed by atoms with Gasteiger partial charge in [-0.2, -0.15) is 0 Å². The normalized spacial score (nSPS) is 19.6. The van der Waals surface area contributed by atoms with E-state index in [0.717, 1.165) is 31.3 Å². The van der Waals surface area contributed by atoms with Crippen LogP contribution in [0.5, 0.6) is 5.75 Å². The van der Waals surface area contributed by atoms with Gasteiger partial charge < -0.3 is 20.1 Å². The summed E-state index contributed by atoms with van der Waals surface area (Å²) in [4.78, 5) is 4.40. The number of aliphatic imine (C=N–C) groups is 1. The van der Waals surface area contributed by atoms with E-state index in [1.54, 1.807) is 7.11 Å². The molecule has 2 aliphatic carbocycles. The highest BCUT2D eigenvalue weighted by Crippen LogP contribution is 2.43. The molecule has 0 aromatic heterocycles. The van der Waals surface area contributed by atoms with Gasteiger partial charge in [0, 0.05) is 39.4 Å². The zero-order valence-electron chi connectivity index (χ0n) is 16.9.